The highest BCUT2D eigenvalue weighted by Gasteiger charge is 2.08. The lowest BCUT2D eigenvalue weighted by Gasteiger charge is -2.12. The third kappa shape index (κ3) is 5.39. The normalized spacial score (nSPS) is 10.4. The Kier molecular flexibility index (Phi) is 6.08. The molecule has 8 nitrogen and oxygen atoms in total. The maximum absolute atomic E-state index is 12.2. The fourth-order valence-corrected chi connectivity index (χ4v) is 2.82. The molecule has 1 amide bonds. The van der Waals surface area contributed by atoms with Crippen LogP contribution in [0.3, 0.4) is 0 Å². The molecule has 0 aliphatic carbocycles. The molecule has 0 unspecified atom stereocenters. The Morgan fingerprint density at radius 2 is 1.94 bits per heavy atom. The van der Waals surface area contributed by atoms with Gasteiger partial charge >= 0.3 is 0 Å². The second-order valence-corrected chi connectivity index (χ2v) is 6.67. The molecular formula is C23H20N6O2. The van der Waals surface area contributed by atoms with Gasteiger partial charge in [-0.2, -0.15) is 0 Å². The van der Waals surface area contributed by atoms with E-state index in [1.165, 1.54) is 0 Å². The number of carbonyl (C=O) groups excluding carboxylic acids is 1. The highest BCUT2D eigenvalue weighted by molar-refractivity contribution is 5.92. The molecule has 154 valence electrons. The smallest absolute Gasteiger partial charge is 0.262 e. The van der Waals surface area contributed by atoms with Gasteiger partial charge in [-0.05, 0) is 48.9 Å². The Bertz CT molecular complexity index is 1170. The van der Waals surface area contributed by atoms with Crippen LogP contribution in [0.2, 0.25) is 0 Å². The van der Waals surface area contributed by atoms with E-state index in [0.717, 1.165) is 22.5 Å². The van der Waals surface area contributed by atoms with Crippen LogP contribution in [0, 0.1) is 6.92 Å². The summed E-state index contributed by atoms with van der Waals surface area (Å²) in [6.07, 6.45) is 6.76. The summed E-state index contributed by atoms with van der Waals surface area (Å²) in [5, 5.41) is 6.04. The number of benzene rings is 1. The molecule has 3 aromatic heterocycles. The Labute approximate surface area is 179 Å². The van der Waals surface area contributed by atoms with Gasteiger partial charge in [-0.3, -0.25) is 9.78 Å². The molecule has 0 aliphatic rings. The van der Waals surface area contributed by atoms with Crippen molar-refractivity contribution in [3.63, 3.8) is 0 Å². The van der Waals surface area contributed by atoms with Crippen molar-refractivity contribution in [1.29, 1.82) is 0 Å². The van der Waals surface area contributed by atoms with Crippen LogP contribution in [-0.2, 0) is 4.79 Å². The number of hydrogen-bond acceptors (Lipinski definition) is 7. The van der Waals surface area contributed by atoms with E-state index in [1.54, 1.807) is 43.0 Å². The minimum absolute atomic E-state index is 0.135. The first-order valence-corrected chi connectivity index (χ1v) is 9.62. The highest BCUT2D eigenvalue weighted by atomic mass is 16.5. The van der Waals surface area contributed by atoms with Crippen molar-refractivity contribution < 1.29 is 9.53 Å². The van der Waals surface area contributed by atoms with Crippen molar-refractivity contribution in [2.75, 3.05) is 17.2 Å². The molecule has 8 heteroatoms. The summed E-state index contributed by atoms with van der Waals surface area (Å²) < 4.78 is 5.38. The lowest BCUT2D eigenvalue weighted by Crippen LogP contribution is -2.20. The van der Waals surface area contributed by atoms with Crippen LogP contribution in [0.4, 0.5) is 17.3 Å². The molecule has 3 heterocycles. The van der Waals surface area contributed by atoms with Crippen molar-refractivity contribution in [2.45, 2.75) is 6.92 Å². The fraction of sp³-hybridized carbons (Fsp3) is 0.0870. The van der Waals surface area contributed by atoms with E-state index >= 15 is 0 Å². The summed E-state index contributed by atoms with van der Waals surface area (Å²) in [7, 11) is 0. The molecule has 0 atom stereocenters. The van der Waals surface area contributed by atoms with Gasteiger partial charge in [0.05, 0.1) is 5.69 Å². The molecule has 4 aromatic rings. The summed E-state index contributed by atoms with van der Waals surface area (Å²) in [6, 6.07) is 16.5. The van der Waals surface area contributed by atoms with Crippen molar-refractivity contribution in [3.05, 3.63) is 84.9 Å². The number of aromatic nitrogens is 4. The molecule has 0 radical (unpaired) electrons. The van der Waals surface area contributed by atoms with Gasteiger partial charge in [-0.1, -0.05) is 12.1 Å². The molecule has 31 heavy (non-hydrogen) atoms. The predicted molar refractivity (Wildman–Crippen MR) is 118 cm³/mol. The molecule has 2 N–H and O–H groups in total. The number of rotatable bonds is 7. The summed E-state index contributed by atoms with van der Waals surface area (Å²) in [5.41, 5.74) is 4.06. The molecule has 0 saturated heterocycles. The minimum atomic E-state index is -0.282. The van der Waals surface area contributed by atoms with Gasteiger partial charge < -0.3 is 15.4 Å². The number of nitrogens with one attached hydrogen (secondary N) is 2. The number of pyridine rings is 2. The zero-order chi connectivity index (χ0) is 21.5. The van der Waals surface area contributed by atoms with Crippen molar-refractivity contribution in [3.8, 4) is 17.1 Å². The van der Waals surface area contributed by atoms with E-state index in [-0.39, 0.29) is 12.5 Å². The van der Waals surface area contributed by atoms with Crippen molar-refractivity contribution in [1.82, 2.24) is 19.9 Å². The zero-order valence-corrected chi connectivity index (χ0v) is 16.8. The maximum atomic E-state index is 12.2. The largest absolute Gasteiger partial charge is 0.468 e. The Morgan fingerprint density at radius 3 is 2.74 bits per heavy atom. The quantitative estimate of drug-likeness (QED) is 0.473. The molecule has 4 rings (SSSR count). The van der Waals surface area contributed by atoms with Crippen LogP contribution in [0.25, 0.3) is 11.3 Å². The maximum Gasteiger partial charge on any atom is 0.262 e. The predicted octanol–water partition coefficient (Wildman–Crippen LogP) is 4.00. The number of amides is 1. The number of ether oxygens (including phenoxy) is 1. The van der Waals surface area contributed by atoms with E-state index in [2.05, 4.69) is 30.6 Å². The van der Waals surface area contributed by atoms with E-state index in [4.69, 9.17) is 4.74 Å². The summed E-state index contributed by atoms with van der Waals surface area (Å²) in [4.78, 5) is 29.2. The first-order valence-electron chi connectivity index (χ1n) is 9.62. The summed E-state index contributed by atoms with van der Waals surface area (Å²) in [6.45, 7) is 1.83. The number of nitrogens with zero attached hydrogens (tertiary/aromatic N) is 4. The second kappa shape index (κ2) is 9.45. The standard InChI is InChI=1S/C23H20N6O2/c1-16-7-8-18(27-21(30)15-31-22-6-2-3-11-25-22)13-20(16)29-23-26-12-9-19(28-23)17-5-4-10-24-14-17/h2-14H,15H2,1H3,(H,27,30)(H,26,28,29). The Hall–Kier alpha value is -4.33. The Balaban J connectivity index is 1.44. The third-order valence-electron chi connectivity index (χ3n) is 4.37. The van der Waals surface area contributed by atoms with Crippen molar-refractivity contribution in [2.24, 2.45) is 0 Å². The molecule has 0 saturated carbocycles. The number of hydrogen-bond donors (Lipinski definition) is 2. The van der Waals surface area contributed by atoms with E-state index < -0.39 is 0 Å². The SMILES string of the molecule is Cc1ccc(NC(=O)COc2ccccn2)cc1Nc1nccc(-c2cccnc2)n1. The summed E-state index contributed by atoms with van der Waals surface area (Å²) >= 11 is 0. The third-order valence-corrected chi connectivity index (χ3v) is 4.37. The van der Waals surface area contributed by atoms with Gasteiger partial charge in [0.1, 0.15) is 0 Å². The monoisotopic (exact) mass is 412 g/mol. The fourth-order valence-electron chi connectivity index (χ4n) is 2.82. The second-order valence-electron chi connectivity index (χ2n) is 6.67. The molecule has 0 aliphatic heterocycles. The average molecular weight is 412 g/mol. The van der Waals surface area contributed by atoms with Crippen molar-refractivity contribution >= 4 is 23.2 Å². The van der Waals surface area contributed by atoms with Gasteiger partial charge in [0.2, 0.25) is 11.8 Å². The molecular weight excluding hydrogens is 392 g/mol. The molecule has 1 aromatic carbocycles. The van der Waals surface area contributed by atoms with E-state index in [9.17, 15) is 4.79 Å². The number of anilines is 3. The lowest BCUT2D eigenvalue weighted by molar-refractivity contribution is -0.118. The number of carbonyl (C=O) groups is 1. The molecule has 0 fully saturated rings. The van der Waals surface area contributed by atoms with E-state index in [0.29, 0.717) is 17.5 Å². The minimum Gasteiger partial charge on any atom is -0.468 e. The van der Waals surface area contributed by atoms with Crippen LogP contribution in [-0.4, -0.2) is 32.4 Å². The first kappa shape index (κ1) is 20.0. The van der Waals surface area contributed by atoms with Gasteiger partial charge in [-0.15, -0.1) is 0 Å². The molecule has 0 spiro atoms. The van der Waals surface area contributed by atoms with Crippen LogP contribution < -0.4 is 15.4 Å². The van der Waals surface area contributed by atoms with Crippen LogP contribution in [0.5, 0.6) is 5.88 Å². The summed E-state index contributed by atoms with van der Waals surface area (Å²) in [5.74, 6) is 0.566. The zero-order valence-electron chi connectivity index (χ0n) is 16.8. The van der Waals surface area contributed by atoms with Gasteiger partial charge in [0.15, 0.2) is 6.61 Å². The van der Waals surface area contributed by atoms with Crippen LogP contribution >= 0.6 is 0 Å². The van der Waals surface area contributed by atoms with E-state index in [1.807, 2.05) is 43.3 Å². The first-order chi connectivity index (χ1) is 15.2. The number of aryl methyl sites for hydroxylation is 1. The topological polar surface area (TPSA) is 102 Å². The van der Waals surface area contributed by atoms with Gasteiger partial charge in [0.25, 0.3) is 5.91 Å². The highest BCUT2D eigenvalue weighted by Crippen LogP contribution is 2.24. The van der Waals surface area contributed by atoms with Crippen LogP contribution in [0.15, 0.2) is 79.4 Å². The van der Waals surface area contributed by atoms with Gasteiger partial charge in [-0.25, -0.2) is 15.0 Å². The van der Waals surface area contributed by atoms with Gasteiger partial charge in [0, 0.05) is 47.8 Å². The van der Waals surface area contributed by atoms with Crippen LogP contribution in [0.1, 0.15) is 5.56 Å². The lowest BCUT2D eigenvalue weighted by atomic mass is 10.1. The average Bonchev–Trinajstić information content (AvgIpc) is 2.81. The molecule has 0 bridgehead atoms. The Morgan fingerprint density at radius 1 is 1.00 bits per heavy atom.